The van der Waals surface area contributed by atoms with Gasteiger partial charge in [-0.15, -0.1) is 0 Å². The van der Waals surface area contributed by atoms with Gasteiger partial charge in [0.1, 0.15) is 0 Å². The van der Waals surface area contributed by atoms with Crippen molar-refractivity contribution in [2.24, 2.45) is 0 Å². The summed E-state index contributed by atoms with van der Waals surface area (Å²) in [6, 6.07) is 49.0. The summed E-state index contributed by atoms with van der Waals surface area (Å²) in [5.74, 6) is -0.0798. The molecule has 0 aliphatic heterocycles. The Bertz CT molecular complexity index is 1850. The van der Waals surface area contributed by atoms with Gasteiger partial charge in [0, 0.05) is 22.3 Å². The van der Waals surface area contributed by atoms with E-state index >= 15 is 0 Å². The van der Waals surface area contributed by atoms with Crippen molar-refractivity contribution in [3.8, 4) is 33.6 Å². The van der Waals surface area contributed by atoms with Crippen LogP contribution >= 0.6 is 0 Å². The second-order valence-corrected chi connectivity index (χ2v) is 10.4. The molecule has 210 valence electrons. The number of pyridine rings is 1. The van der Waals surface area contributed by atoms with Crippen molar-refractivity contribution in [3.63, 3.8) is 0 Å². The highest BCUT2D eigenvalue weighted by atomic mass is 16.1. The third kappa shape index (κ3) is 6.92. The monoisotopic (exact) mass is 567 g/mol. The van der Waals surface area contributed by atoms with Crippen molar-refractivity contribution in [1.29, 1.82) is 0 Å². The van der Waals surface area contributed by atoms with E-state index in [1.807, 2.05) is 140 Å². The minimum absolute atomic E-state index is 0.0399. The maximum Gasteiger partial charge on any atom is 0.185 e. The fourth-order valence-corrected chi connectivity index (χ4v) is 4.97. The van der Waals surface area contributed by atoms with Crippen LogP contribution in [0.1, 0.15) is 31.8 Å². The number of benzene rings is 5. The van der Waals surface area contributed by atoms with Gasteiger partial charge in [0.2, 0.25) is 0 Å². The van der Waals surface area contributed by atoms with E-state index in [1.54, 1.807) is 12.2 Å². The Balaban J connectivity index is 1.34. The number of ketones is 2. The largest absolute Gasteiger partial charge is 0.289 e. The van der Waals surface area contributed by atoms with Gasteiger partial charge < -0.3 is 0 Å². The van der Waals surface area contributed by atoms with E-state index < -0.39 is 0 Å². The molecule has 0 saturated carbocycles. The summed E-state index contributed by atoms with van der Waals surface area (Å²) < 4.78 is 0. The summed E-state index contributed by atoms with van der Waals surface area (Å²) in [7, 11) is 0. The smallest absolute Gasteiger partial charge is 0.185 e. The first-order chi connectivity index (χ1) is 21.6. The average molecular weight is 568 g/mol. The van der Waals surface area contributed by atoms with Crippen molar-refractivity contribution < 1.29 is 9.59 Å². The number of hydrogen-bond donors (Lipinski definition) is 0. The molecule has 44 heavy (non-hydrogen) atoms. The van der Waals surface area contributed by atoms with Gasteiger partial charge in [-0.25, -0.2) is 4.98 Å². The number of nitrogens with zero attached hydrogens (tertiary/aromatic N) is 1. The van der Waals surface area contributed by atoms with Crippen LogP contribution in [0, 0.1) is 0 Å². The molecule has 0 atom stereocenters. The molecule has 3 nitrogen and oxygen atoms in total. The lowest BCUT2D eigenvalue weighted by atomic mass is 9.98. The molecular weight excluding hydrogens is 538 g/mol. The van der Waals surface area contributed by atoms with Gasteiger partial charge in [-0.3, -0.25) is 9.59 Å². The molecule has 0 radical (unpaired) electrons. The molecule has 0 fully saturated rings. The zero-order valence-electron chi connectivity index (χ0n) is 24.0. The van der Waals surface area contributed by atoms with Crippen molar-refractivity contribution in [2.75, 3.05) is 0 Å². The Morgan fingerprint density at radius 2 is 0.818 bits per heavy atom. The maximum atomic E-state index is 12.6. The van der Waals surface area contributed by atoms with E-state index in [4.69, 9.17) is 4.98 Å². The van der Waals surface area contributed by atoms with Crippen LogP contribution in [-0.4, -0.2) is 16.6 Å². The number of hydrogen-bond acceptors (Lipinski definition) is 3. The standard InChI is InChI=1S/C41H29NO2/c43-40(33-16-6-2-7-17-33)24-22-30-12-10-20-35(26-30)38-28-37(32-14-4-1-5-15-32)29-39(42-38)36-21-11-13-31(27-36)23-25-41(44)34-18-8-3-9-19-34/h1-29H. The van der Waals surface area contributed by atoms with E-state index in [2.05, 4.69) is 24.3 Å². The van der Waals surface area contributed by atoms with Gasteiger partial charge in [0.15, 0.2) is 11.6 Å². The van der Waals surface area contributed by atoms with Gasteiger partial charge >= 0.3 is 0 Å². The summed E-state index contributed by atoms with van der Waals surface area (Å²) in [5.41, 5.74) is 8.82. The molecule has 6 aromatic rings. The van der Waals surface area contributed by atoms with E-state index in [1.165, 1.54) is 0 Å². The summed E-state index contributed by atoms with van der Waals surface area (Å²) in [6.45, 7) is 0. The summed E-state index contributed by atoms with van der Waals surface area (Å²) in [5, 5.41) is 0. The van der Waals surface area contributed by atoms with Gasteiger partial charge in [-0.1, -0.05) is 140 Å². The molecule has 0 amide bonds. The lowest BCUT2D eigenvalue weighted by Gasteiger charge is -2.11. The number of rotatable bonds is 9. The van der Waals surface area contributed by atoms with Gasteiger partial charge in [0.25, 0.3) is 0 Å². The molecule has 0 unspecified atom stereocenters. The summed E-state index contributed by atoms with van der Waals surface area (Å²) in [6.07, 6.45) is 6.89. The molecule has 0 saturated heterocycles. The van der Waals surface area contributed by atoms with Crippen molar-refractivity contribution >= 4 is 23.7 Å². The first kappa shape index (κ1) is 28.2. The summed E-state index contributed by atoms with van der Waals surface area (Å²) >= 11 is 0. The first-order valence-corrected chi connectivity index (χ1v) is 14.5. The molecule has 0 N–H and O–H groups in total. The third-order valence-electron chi connectivity index (χ3n) is 7.27. The molecule has 3 heteroatoms. The molecule has 0 spiro atoms. The quantitative estimate of drug-likeness (QED) is 0.129. The van der Waals surface area contributed by atoms with Crippen molar-refractivity contribution in [1.82, 2.24) is 4.98 Å². The molecule has 1 aromatic heterocycles. The average Bonchev–Trinajstić information content (AvgIpc) is 3.10. The number of allylic oxidation sites excluding steroid dienone is 2. The van der Waals surface area contributed by atoms with Crippen LogP contribution < -0.4 is 0 Å². The SMILES string of the molecule is O=C(C=Cc1cccc(-c2cc(-c3ccccc3)cc(-c3cccc(C=CC(=O)c4ccccc4)c3)n2)c1)c1ccccc1. The molecular formula is C41H29NO2. The van der Waals surface area contributed by atoms with E-state index in [9.17, 15) is 9.59 Å². The number of aromatic nitrogens is 1. The zero-order chi connectivity index (χ0) is 30.1. The highest BCUT2D eigenvalue weighted by molar-refractivity contribution is 6.07. The highest BCUT2D eigenvalue weighted by Gasteiger charge is 2.10. The maximum absolute atomic E-state index is 12.6. The molecule has 0 bridgehead atoms. The molecule has 0 aliphatic carbocycles. The number of carbonyl (C=O) groups is 2. The predicted molar refractivity (Wildman–Crippen MR) is 180 cm³/mol. The van der Waals surface area contributed by atoms with E-state index in [0.717, 1.165) is 44.8 Å². The van der Waals surface area contributed by atoms with Crippen molar-refractivity contribution in [2.45, 2.75) is 0 Å². The van der Waals surface area contributed by atoms with E-state index in [-0.39, 0.29) is 11.6 Å². The highest BCUT2D eigenvalue weighted by Crippen LogP contribution is 2.31. The van der Waals surface area contributed by atoms with Gasteiger partial charge in [-0.05, 0) is 58.7 Å². The van der Waals surface area contributed by atoms with Crippen LogP contribution in [0.15, 0.2) is 164 Å². The normalized spacial score (nSPS) is 11.2. The Hall–Kier alpha value is -5.93. The Labute approximate surface area is 257 Å². The first-order valence-electron chi connectivity index (χ1n) is 14.5. The fraction of sp³-hybridized carbons (Fsp3) is 0. The summed E-state index contributed by atoms with van der Waals surface area (Å²) in [4.78, 5) is 30.4. The number of carbonyl (C=O) groups excluding carboxylic acids is 2. The molecule has 6 rings (SSSR count). The lowest BCUT2D eigenvalue weighted by molar-refractivity contribution is 0.103. The predicted octanol–water partition coefficient (Wildman–Crippen LogP) is 9.87. The van der Waals surface area contributed by atoms with Crippen LogP contribution in [0.2, 0.25) is 0 Å². The van der Waals surface area contributed by atoms with Crippen LogP contribution in [0.5, 0.6) is 0 Å². The van der Waals surface area contributed by atoms with Gasteiger partial charge in [0.05, 0.1) is 11.4 Å². The molecule has 5 aromatic carbocycles. The topological polar surface area (TPSA) is 47.0 Å². The van der Waals surface area contributed by atoms with Crippen LogP contribution in [0.25, 0.3) is 45.8 Å². The zero-order valence-corrected chi connectivity index (χ0v) is 24.0. The lowest BCUT2D eigenvalue weighted by Crippen LogP contribution is -1.94. The molecule has 1 heterocycles. The second-order valence-electron chi connectivity index (χ2n) is 10.4. The Kier molecular flexibility index (Phi) is 8.57. The third-order valence-corrected chi connectivity index (χ3v) is 7.27. The fourth-order valence-electron chi connectivity index (χ4n) is 4.97. The van der Waals surface area contributed by atoms with Crippen LogP contribution in [-0.2, 0) is 0 Å². The minimum Gasteiger partial charge on any atom is -0.289 e. The Morgan fingerprint density at radius 3 is 1.27 bits per heavy atom. The molecule has 0 aliphatic rings. The second kappa shape index (κ2) is 13.4. The minimum atomic E-state index is -0.0399. The van der Waals surface area contributed by atoms with E-state index in [0.29, 0.717) is 11.1 Å². The van der Waals surface area contributed by atoms with Crippen LogP contribution in [0.4, 0.5) is 0 Å². The van der Waals surface area contributed by atoms with Crippen LogP contribution in [0.3, 0.4) is 0 Å². The van der Waals surface area contributed by atoms with Gasteiger partial charge in [-0.2, -0.15) is 0 Å². The Morgan fingerprint density at radius 1 is 0.409 bits per heavy atom. The van der Waals surface area contributed by atoms with Crippen molar-refractivity contribution in [3.05, 3.63) is 186 Å².